The van der Waals surface area contributed by atoms with Crippen LogP contribution < -0.4 is 11.3 Å². The minimum absolute atomic E-state index is 0.00948. The van der Waals surface area contributed by atoms with E-state index in [1.165, 1.54) is 24.3 Å². The molecule has 8 rings (SSSR count). The first kappa shape index (κ1) is 29.3. The second-order valence-electron chi connectivity index (χ2n) is 12.0. The molecule has 3 aromatic carbocycles. The van der Waals surface area contributed by atoms with Crippen LogP contribution in [0.15, 0.2) is 86.9 Å². The smallest absolute Gasteiger partial charge is 0.388 e. The Morgan fingerprint density at radius 3 is 2.54 bits per heavy atom. The number of benzene rings is 3. The van der Waals surface area contributed by atoms with E-state index in [0.717, 1.165) is 22.9 Å². The molecule has 0 radical (unpaired) electrons. The zero-order valence-electron chi connectivity index (χ0n) is 25.7. The lowest BCUT2D eigenvalue weighted by atomic mass is 9.93. The summed E-state index contributed by atoms with van der Waals surface area (Å²) in [5, 5.41) is 16.9. The Morgan fingerprint density at radius 1 is 0.979 bits per heavy atom. The van der Waals surface area contributed by atoms with Crippen LogP contribution in [0.1, 0.15) is 41.8 Å². The molecular formula is C36H27F2N7O3. The molecule has 1 aliphatic rings. The van der Waals surface area contributed by atoms with E-state index in [0.29, 0.717) is 64.9 Å². The van der Waals surface area contributed by atoms with Crippen molar-refractivity contribution in [1.82, 2.24) is 29.1 Å². The SMILES string of the molecule is C[C@@H](c1ccc(C#N)c(F)c1)n1ccc2cc(-c3c(-c4n[nH]c(=O)o4)c(CCc4ccc(F)cc4)nc4c3c(=O)n3n4CCC3)ccc21. The molecular weight excluding hydrogens is 616 g/mol. The summed E-state index contributed by atoms with van der Waals surface area (Å²) in [5.74, 6) is -1.62. The lowest BCUT2D eigenvalue weighted by molar-refractivity contribution is 0.526. The molecule has 7 aromatic rings. The Hall–Kier alpha value is -6.09. The highest BCUT2D eigenvalue weighted by atomic mass is 19.1. The number of pyridine rings is 1. The predicted octanol–water partition coefficient (Wildman–Crippen LogP) is 6.11. The van der Waals surface area contributed by atoms with Crippen molar-refractivity contribution in [1.29, 1.82) is 5.26 Å². The molecule has 0 spiro atoms. The van der Waals surface area contributed by atoms with E-state index < -0.39 is 11.6 Å². The predicted molar refractivity (Wildman–Crippen MR) is 174 cm³/mol. The van der Waals surface area contributed by atoms with Crippen molar-refractivity contribution in [2.75, 3.05) is 0 Å². The van der Waals surface area contributed by atoms with Crippen molar-refractivity contribution in [2.24, 2.45) is 0 Å². The third-order valence-corrected chi connectivity index (χ3v) is 9.22. The fourth-order valence-electron chi connectivity index (χ4n) is 6.83. The van der Waals surface area contributed by atoms with Crippen molar-refractivity contribution in [3.63, 3.8) is 0 Å². The molecule has 238 valence electrons. The van der Waals surface area contributed by atoms with Gasteiger partial charge < -0.3 is 8.98 Å². The second kappa shape index (κ2) is 11.3. The van der Waals surface area contributed by atoms with Gasteiger partial charge in [0, 0.05) is 35.8 Å². The van der Waals surface area contributed by atoms with Crippen LogP contribution in [0.2, 0.25) is 0 Å². The number of hydrogen-bond donors (Lipinski definition) is 1. The van der Waals surface area contributed by atoms with Crippen LogP contribution in [0.3, 0.4) is 0 Å². The van der Waals surface area contributed by atoms with Crippen LogP contribution in [0.5, 0.6) is 0 Å². The zero-order valence-corrected chi connectivity index (χ0v) is 25.7. The van der Waals surface area contributed by atoms with Gasteiger partial charge in [0.25, 0.3) is 11.4 Å². The van der Waals surface area contributed by atoms with Gasteiger partial charge in [-0.3, -0.25) is 9.48 Å². The number of rotatable bonds is 7. The molecule has 5 heterocycles. The highest BCUT2D eigenvalue weighted by Crippen LogP contribution is 2.40. The number of aromatic amines is 1. The van der Waals surface area contributed by atoms with Crippen LogP contribution in [-0.4, -0.2) is 29.1 Å². The maximum Gasteiger partial charge on any atom is 0.434 e. The molecule has 0 aliphatic carbocycles. The first-order valence-corrected chi connectivity index (χ1v) is 15.6. The average Bonchev–Trinajstić information content (AvgIpc) is 3.89. The Labute approximate surface area is 271 Å². The van der Waals surface area contributed by atoms with Gasteiger partial charge in [0.15, 0.2) is 5.65 Å². The van der Waals surface area contributed by atoms with Crippen molar-refractivity contribution in [3.05, 3.63) is 128 Å². The summed E-state index contributed by atoms with van der Waals surface area (Å²) in [7, 11) is 0. The van der Waals surface area contributed by atoms with Gasteiger partial charge in [-0.05, 0) is 85.3 Å². The van der Waals surface area contributed by atoms with Crippen molar-refractivity contribution < 1.29 is 13.2 Å². The van der Waals surface area contributed by atoms with Gasteiger partial charge >= 0.3 is 5.76 Å². The third-order valence-electron chi connectivity index (χ3n) is 9.22. The number of nitriles is 1. The molecule has 0 saturated heterocycles. The molecule has 1 atom stereocenters. The van der Waals surface area contributed by atoms with Crippen molar-refractivity contribution >= 4 is 21.9 Å². The largest absolute Gasteiger partial charge is 0.434 e. The summed E-state index contributed by atoms with van der Waals surface area (Å²) in [4.78, 5) is 31.3. The molecule has 4 aromatic heterocycles. The summed E-state index contributed by atoms with van der Waals surface area (Å²) in [6.07, 6.45) is 3.64. The number of nitrogens with one attached hydrogen (secondary N) is 1. The average molecular weight is 644 g/mol. The van der Waals surface area contributed by atoms with E-state index in [1.54, 1.807) is 22.9 Å². The van der Waals surface area contributed by atoms with E-state index in [9.17, 15) is 18.4 Å². The zero-order chi connectivity index (χ0) is 33.1. The highest BCUT2D eigenvalue weighted by Gasteiger charge is 2.29. The first-order valence-electron chi connectivity index (χ1n) is 15.6. The molecule has 0 fully saturated rings. The maximum atomic E-state index is 14.5. The fourth-order valence-corrected chi connectivity index (χ4v) is 6.83. The fraction of sp³-hybridized carbons (Fsp3) is 0.194. The number of hydrogen-bond acceptors (Lipinski definition) is 6. The standard InChI is InChI=1S/C36H27F2N7O3/c1-20(22-6-7-25(19-39)27(38)18-22)43-16-13-23-17-24(8-12-29(23)43)30-31(34-41-42-36(47)48-34)28(11-5-21-3-9-26(37)10-4-21)40-33-32(30)35(46)45-15-2-14-44(33)45/h3-4,6-10,12-13,16-18,20H,2,5,11,14-15H2,1H3,(H,42,47)/t20-/m0/s1. The molecule has 0 saturated carbocycles. The van der Waals surface area contributed by atoms with Gasteiger partial charge in [0.2, 0.25) is 0 Å². The monoisotopic (exact) mass is 643 g/mol. The number of H-pyrrole nitrogens is 1. The van der Waals surface area contributed by atoms with Crippen LogP contribution in [0.25, 0.3) is 44.5 Å². The minimum Gasteiger partial charge on any atom is -0.388 e. The van der Waals surface area contributed by atoms with Gasteiger partial charge in [-0.15, -0.1) is 5.10 Å². The normalized spacial score (nSPS) is 13.3. The van der Waals surface area contributed by atoms with Crippen LogP contribution in [0.4, 0.5) is 8.78 Å². The number of fused-ring (bicyclic) bond motifs is 4. The number of aryl methyl sites for hydroxylation is 3. The summed E-state index contributed by atoms with van der Waals surface area (Å²) in [5.41, 5.74) is 5.10. The Bertz CT molecular complexity index is 2550. The number of nitrogens with zero attached hydrogens (tertiary/aromatic N) is 6. The third kappa shape index (κ3) is 4.74. The molecule has 10 nitrogen and oxygen atoms in total. The molecule has 0 unspecified atom stereocenters. The van der Waals surface area contributed by atoms with E-state index in [4.69, 9.17) is 14.7 Å². The molecule has 48 heavy (non-hydrogen) atoms. The summed E-state index contributed by atoms with van der Waals surface area (Å²) >= 11 is 0. The Morgan fingerprint density at radius 2 is 1.79 bits per heavy atom. The molecule has 0 amide bonds. The second-order valence-corrected chi connectivity index (χ2v) is 12.0. The van der Waals surface area contributed by atoms with E-state index in [1.807, 2.05) is 52.7 Å². The van der Waals surface area contributed by atoms with Gasteiger partial charge in [-0.1, -0.05) is 24.3 Å². The van der Waals surface area contributed by atoms with Crippen LogP contribution >= 0.6 is 0 Å². The van der Waals surface area contributed by atoms with E-state index in [2.05, 4.69) is 10.2 Å². The molecule has 1 aliphatic heterocycles. The van der Waals surface area contributed by atoms with Crippen molar-refractivity contribution in [2.45, 2.75) is 45.3 Å². The lowest BCUT2D eigenvalue weighted by Crippen LogP contribution is -2.16. The van der Waals surface area contributed by atoms with Gasteiger partial charge in [-0.25, -0.2) is 28.3 Å². The summed E-state index contributed by atoms with van der Waals surface area (Å²) in [6.45, 7) is 3.15. The van der Waals surface area contributed by atoms with E-state index >= 15 is 0 Å². The quantitative estimate of drug-likeness (QED) is 0.223. The maximum absolute atomic E-state index is 14.5. The first-order chi connectivity index (χ1) is 23.3. The van der Waals surface area contributed by atoms with Gasteiger partial charge in [-0.2, -0.15) is 5.26 Å². The minimum atomic E-state index is -0.739. The highest BCUT2D eigenvalue weighted by molar-refractivity contribution is 6.02. The Kier molecular flexibility index (Phi) is 6.91. The summed E-state index contributed by atoms with van der Waals surface area (Å²) < 4.78 is 39.3. The van der Waals surface area contributed by atoms with E-state index in [-0.39, 0.29) is 28.9 Å². The van der Waals surface area contributed by atoms with Crippen LogP contribution in [-0.2, 0) is 25.9 Å². The molecule has 0 bridgehead atoms. The van der Waals surface area contributed by atoms with Crippen molar-refractivity contribution in [3.8, 4) is 28.7 Å². The topological polar surface area (TPSA) is 127 Å². The summed E-state index contributed by atoms with van der Waals surface area (Å²) in [6, 6.07) is 20.3. The number of halogens is 2. The van der Waals surface area contributed by atoms with Gasteiger partial charge in [0.1, 0.15) is 17.7 Å². The van der Waals surface area contributed by atoms with Crippen LogP contribution in [0, 0.1) is 23.0 Å². The number of aromatic nitrogens is 6. The lowest BCUT2D eigenvalue weighted by Gasteiger charge is -2.17. The van der Waals surface area contributed by atoms with Gasteiger partial charge in [0.05, 0.1) is 28.2 Å². The molecule has 12 heteroatoms. The molecule has 1 N–H and O–H groups in total. The Balaban J connectivity index is 1.32.